The maximum absolute atomic E-state index is 13.8. The zero-order valence-electron chi connectivity index (χ0n) is 8.82. The van der Waals surface area contributed by atoms with Gasteiger partial charge in [0.1, 0.15) is 0 Å². The van der Waals surface area contributed by atoms with Crippen molar-refractivity contribution in [1.29, 1.82) is 0 Å². The largest absolute Gasteiger partial charge is 0.430 e. The van der Waals surface area contributed by atoms with Gasteiger partial charge in [0.25, 0.3) is 5.67 Å². The minimum atomic E-state index is -5.15. The predicted octanol–water partition coefficient (Wildman–Crippen LogP) is 3.59. The fraction of sp³-hybridized carbons (Fsp3) is 0.727. The van der Waals surface area contributed by atoms with E-state index in [4.69, 9.17) is 0 Å². The summed E-state index contributed by atoms with van der Waals surface area (Å²) in [4.78, 5) is 11.6. The zero-order chi connectivity index (χ0) is 12.4. The second-order valence-electron chi connectivity index (χ2n) is 4.14. The van der Waals surface area contributed by atoms with Gasteiger partial charge in [0.05, 0.1) is 0 Å². The topological polar surface area (TPSA) is 17.1 Å². The summed E-state index contributed by atoms with van der Waals surface area (Å²) >= 11 is 0. The molecule has 0 N–H and O–H groups in total. The lowest BCUT2D eigenvalue weighted by Crippen LogP contribution is -2.50. The van der Waals surface area contributed by atoms with Gasteiger partial charge < -0.3 is 0 Å². The van der Waals surface area contributed by atoms with E-state index in [0.717, 1.165) is 6.08 Å². The monoisotopic (exact) mass is 238 g/mol. The average molecular weight is 238 g/mol. The van der Waals surface area contributed by atoms with Gasteiger partial charge in [-0.3, -0.25) is 4.79 Å². The van der Waals surface area contributed by atoms with Crippen LogP contribution in [-0.2, 0) is 4.79 Å². The molecule has 0 radical (unpaired) electrons. The Morgan fingerprint density at radius 1 is 1.25 bits per heavy atom. The molecule has 1 nitrogen and oxygen atoms in total. The summed E-state index contributed by atoms with van der Waals surface area (Å²) in [7, 11) is 0. The molecule has 0 spiro atoms. The Bertz CT molecular complexity index is 278. The van der Waals surface area contributed by atoms with Gasteiger partial charge in [-0.25, -0.2) is 4.39 Å². The van der Waals surface area contributed by atoms with Gasteiger partial charge in [-0.15, -0.1) is 6.58 Å². The van der Waals surface area contributed by atoms with E-state index in [1.165, 1.54) is 0 Å². The Hall–Kier alpha value is -0.870. The van der Waals surface area contributed by atoms with Gasteiger partial charge in [-0.2, -0.15) is 13.2 Å². The number of rotatable bonds is 4. The van der Waals surface area contributed by atoms with Crippen molar-refractivity contribution in [2.45, 2.75) is 43.9 Å². The molecule has 1 aliphatic carbocycles. The number of carbonyl (C=O) groups excluding carboxylic acids is 1. The fourth-order valence-corrected chi connectivity index (χ4v) is 2.07. The Labute approximate surface area is 91.5 Å². The SMILES string of the molecule is C=CCC(F)(C(=O)C1CCCC1)C(F)(F)F. The molecule has 0 amide bonds. The van der Waals surface area contributed by atoms with Crippen LogP contribution in [0.5, 0.6) is 0 Å². The minimum absolute atomic E-state index is 0.359. The molecule has 1 rings (SSSR count). The number of hydrogen-bond donors (Lipinski definition) is 0. The van der Waals surface area contributed by atoms with E-state index in [9.17, 15) is 22.4 Å². The first-order valence-corrected chi connectivity index (χ1v) is 5.24. The Kier molecular flexibility index (Phi) is 3.76. The molecular weight excluding hydrogens is 224 g/mol. The Morgan fingerprint density at radius 2 is 1.75 bits per heavy atom. The number of ketones is 1. The fourth-order valence-electron chi connectivity index (χ4n) is 2.07. The quantitative estimate of drug-likeness (QED) is 0.540. The normalized spacial score (nSPS) is 21.8. The van der Waals surface area contributed by atoms with E-state index in [-0.39, 0.29) is 0 Å². The minimum Gasteiger partial charge on any atom is -0.295 e. The molecule has 0 aromatic rings. The standard InChI is InChI=1S/C11H14F4O/c1-2-7-10(12,11(13,14)15)9(16)8-5-3-4-6-8/h2,8H,1,3-7H2. The first-order chi connectivity index (χ1) is 7.33. The zero-order valence-corrected chi connectivity index (χ0v) is 8.82. The van der Waals surface area contributed by atoms with E-state index >= 15 is 0 Å². The van der Waals surface area contributed by atoms with Gasteiger partial charge in [-0.05, 0) is 12.8 Å². The van der Waals surface area contributed by atoms with Gasteiger partial charge in [0, 0.05) is 12.3 Å². The Balaban J connectivity index is 2.92. The van der Waals surface area contributed by atoms with Crippen LogP contribution in [-0.4, -0.2) is 17.6 Å². The first kappa shape index (κ1) is 13.2. The predicted molar refractivity (Wildman–Crippen MR) is 51.7 cm³/mol. The van der Waals surface area contributed by atoms with E-state index in [1.807, 2.05) is 0 Å². The molecule has 0 saturated heterocycles. The van der Waals surface area contributed by atoms with Crippen LogP contribution in [0, 0.1) is 5.92 Å². The van der Waals surface area contributed by atoms with Crippen LogP contribution in [0.4, 0.5) is 17.6 Å². The summed E-state index contributed by atoms with van der Waals surface area (Å²) in [6.07, 6.45) is -3.24. The lowest BCUT2D eigenvalue weighted by atomic mass is 9.86. The second kappa shape index (κ2) is 4.55. The van der Waals surface area contributed by atoms with Gasteiger partial charge in [0.15, 0.2) is 5.78 Å². The second-order valence-corrected chi connectivity index (χ2v) is 4.14. The maximum atomic E-state index is 13.8. The highest BCUT2D eigenvalue weighted by Crippen LogP contribution is 2.42. The van der Waals surface area contributed by atoms with Crippen LogP contribution in [0.25, 0.3) is 0 Å². The average Bonchev–Trinajstić information content (AvgIpc) is 2.67. The molecule has 0 aromatic carbocycles. The smallest absolute Gasteiger partial charge is 0.295 e. The highest BCUT2D eigenvalue weighted by molar-refractivity contribution is 5.90. The third-order valence-electron chi connectivity index (χ3n) is 2.99. The van der Waals surface area contributed by atoms with Crippen molar-refractivity contribution >= 4 is 5.78 Å². The summed E-state index contributed by atoms with van der Waals surface area (Å²) in [5.41, 5.74) is -3.75. The highest BCUT2D eigenvalue weighted by atomic mass is 19.4. The van der Waals surface area contributed by atoms with Gasteiger partial charge >= 0.3 is 6.18 Å². The van der Waals surface area contributed by atoms with E-state index < -0.39 is 30.0 Å². The molecule has 16 heavy (non-hydrogen) atoms. The lowest BCUT2D eigenvalue weighted by Gasteiger charge is -2.27. The van der Waals surface area contributed by atoms with Crippen LogP contribution in [0.2, 0.25) is 0 Å². The molecule has 0 bridgehead atoms. The molecular formula is C11H14F4O. The number of halogens is 4. The number of carbonyl (C=O) groups is 1. The molecule has 92 valence electrons. The Morgan fingerprint density at radius 3 is 2.12 bits per heavy atom. The van der Waals surface area contributed by atoms with Gasteiger partial charge in [-0.1, -0.05) is 18.9 Å². The van der Waals surface area contributed by atoms with Crippen LogP contribution < -0.4 is 0 Å². The summed E-state index contributed by atoms with van der Waals surface area (Å²) in [5.74, 6) is -2.11. The third kappa shape index (κ3) is 2.28. The molecule has 1 aliphatic rings. The van der Waals surface area contributed by atoms with Crippen molar-refractivity contribution in [3.05, 3.63) is 12.7 Å². The number of alkyl halides is 4. The molecule has 1 saturated carbocycles. The molecule has 1 atom stereocenters. The number of Topliss-reactive ketones (excluding diaryl/α,β-unsaturated/α-hetero) is 1. The van der Waals surface area contributed by atoms with Crippen molar-refractivity contribution in [2.75, 3.05) is 0 Å². The van der Waals surface area contributed by atoms with Crippen molar-refractivity contribution < 1.29 is 22.4 Å². The van der Waals surface area contributed by atoms with E-state index in [0.29, 0.717) is 25.7 Å². The van der Waals surface area contributed by atoms with Crippen molar-refractivity contribution in [3.8, 4) is 0 Å². The summed E-state index contributed by atoms with van der Waals surface area (Å²) in [6.45, 7) is 3.08. The molecule has 0 aliphatic heterocycles. The molecule has 5 heteroatoms. The number of allylic oxidation sites excluding steroid dienone is 1. The molecule has 0 heterocycles. The molecule has 1 fully saturated rings. The summed E-state index contributed by atoms with van der Waals surface area (Å²) < 4.78 is 51.5. The third-order valence-corrected chi connectivity index (χ3v) is 2.99. The van der Waals surface area contributed by atoms with Crippen LogP contribution >= 0.6 is 0 Å². The first-order valence-electron chi connectivity index (χ1n) is 5.24. The lowest BCUT2D eigenvalue weighted by molar-refractivity contribution is -0.226. The molecule has 1 unspecified atom stereocenters. The van der Waals surface area contributed by atoms with E-state index in [2.05, 4.69) is 6.58 Å². The van der Waals surface area contributed by atoms with Crippen LogP contribution in [0.3, 0.4) is 0 Å². The number of hydrogen-bond acceptors (Lipinski definition) is 1. The van der Waals surface area contributed by atoms with Crippen molar-refractivity contribution in [1.82, 2.24) is 0 Å². The summed E-state index contributed by atoms with van der Waals surface area (Å²) in [6, 6.07) is 0. The molecule has 0 aromatic heterocycles. The van der Waals surface area contributed by atoms with Crippen molar-refractivity contribution in [3.63, 3.8) is 0 Å². The van der Waals surface area contributed by atoms with E-state index in [1.54, 1.807) is 0 Å². The van der Waals surface area contributed by atoms with Crippen LogP contribution in [0.15, 0.2) is 12.7 Å². The van der Waals surface area contributed by atoms with Crippen LogP contribution in [0.1, 0.15) is 32.1 Å². The van der Waals surface area contributed by atoms with Gasteiger partial charge in [0.2, 0.25) is 0 Å². The van der Waals surface area contributed by atoms with Crippen molar-refractivity contribution in [2.24, 2.45) is 5.92 Å². The highest BCUT2D eigenvalue weighted by Gasteiger charge is 2.61. The summed E-state index contributed by atoms with van der Waals surface area (Å²) in [5, 5.41) is 0. The maximum Gasteiger partial charge on any atom is 0.430 e.